The van der Waals surface area contributed by atoms with Crippen molar-refractivity contribution in [2.24, 2.45) is 0 Å². The van der Waals surface area contributed by atoms with Crippen LogP contribution in [0.4, 0.5) is 4.39 Å². The predicted octanol–water partition coefficient (Wildman–Crippen LogP) is 5.48. The summed E-state index contributed by atoms with van der Waals surface area (Å²) in [5.41, 5.74) is 4.81. The van der Waals surface area contributed by atoms with Crippen LogP contribution in [0.3, 0.4) is 0 Å². The van der Waals surface area contributed by atoms with Crippen LogP contribution < -0.4 is 10.1 Å². The van der Waals surface area contributed by atoms with Gasteiger partial charge < -0.3 is 25.0 Å². The van der Waals surface area contributed by atoms with E-state index >= 15 is 0 Å². The molecule has 0 aromatic heterocycles. The number of aryl methyl sites for hydroxylation is 1. The van der Waals surface area contributed by atoms with E-state index in [0.29, 0.717) is 37.3 Å². The average Bonchev–Trinajstić information content (AvgIpc) is 3.36. The number of halogens is 1. The highest BCUT2D eigenvalue weighted by molar-refractivity contribution is 5.94. The zero-order chi connectivity index (χ0) is 27.4. The van der Waals surface area contributed by atoms with E-state index < -0.39 is 12.1 Å². The molecule has 1 aliphatic rings. The van der Waals surface area contributed by atoms with Crippen LogP contribution >= 0.6 is 0 Å². The van der Waals surface area contributed by atoms with Gasteiger partial charge in [0.05, 0.1) is 25.4 Å². The van der Waals surface area contributed by atoms with Crippen molar-refractivity contribution < 1.29 is 28.9 Å². The molecule has 0 saturated heterocycles. The first kappa shape index (κ1) is 27.8. The number of hydrogen-bond acceptors (Lipinski definition) is 5. The van der Waals surface area contributed by atoms with E-state index in [2.05, 4.69) is 5.32 Å². The largest absolute Gasteiger partial charge is 0.492 e. The summed E-state index contributed by atoms with van der Waals surface area (Å²) < 4.78 is 25.5. The quantitative estimate of drug-likeness (QED) is 0.310. The Bertz CT molecular complexity index is 1310. The van der Waals surface area contributed by atoms with Crippen LogP contribution in [0.15, 0.2) is 54.6 Å². The molecule has 1 heterocycles. The van der Waals surface area contributed by atoms with Crippen molar-refractivity contribution in [3.63, 3.8) is 0 Å². The molecule has 202 valence electrons. The monoisotopic (exact) mass is 521 g/mol. The summed E-state index contributed by atoms with van der Waals surface area (Å²) in [6.07, 6.45) is 0.217. The third kappa shape index (κ3) is 6.59. The van der Waals surface area contributed by atoms with E-state index in [1.54, 1.807) is 25.1 Å². The molecule has 0 amide bonds. The fourth-order valence-electron chi connectivity index (χ4n) is 4.85. The fourth-order valence-corrected chi connectivity index (χ4v) is 4.85. The van der Waals surface area contributed by atoms with Crippen molar-refractivity contribution in [2.75, 3.05) is 19.8 Å². The van der Waals surface area contributed by atoms with Crippen LogP contribution in [0.25, 0.3) is 11.1 Å². The Morgan fingerprint density at radius 3 is 2.68 bits per heavy atom. The number of carboxylic acid groups (broad SMARTS) is 1. The second-order valence-corrected chi connectivity index (χ2v) is 10.7. The maximum absolute atomic E-state index is 13.9. The van der Waals surface area contributed by atoms with Gasteiger partial charge in [0.2, 0.25) is 0 Å². The molecule has 4 rings (SSSR count). The van der Waals surface area contributed by atoms with E-state index in [-0.39, 0.29) is 29.6 Å². The van der Waals surface area contributed by atoms with Crippen LogP contribution in [0.5, 0.6) is 5.75 Å². The molecule has 1 unspecified atom stereocenters. The Morgan fingerprint density at radius 1 is 1.18 bits per heavy atom. The van der Waals surface area contributed by atoms with Gasteiger partial charge in [-0.2, -0.15) is 0 Å². The second kappa shape index (κ2) is 11.6. The van der Waals surface area contributed by atoms with Gasteiger partial charge in [0.15, 0.2) is 0 Å². The number of carboxylic acids is 1. The Labute approximate surface area is 223 Å². The van der Waals surface area contributed by atoms with Crippen molar-refractivity contribution in [3.8, 4) is 16.9 Å². The zero-order valence-electron chi connectivity index (χ0n) is 22.4. The van der Waals surface area contributed by atoms with Crippen molar-refractivity contribution in [1.29, 1.82) is 0 Å². The molecule has 3 aromatic rings. The number of hydrogen-bond donors (Lipinski definition) is 3. The van der Waals surface area contributed by atoms with Gasteiger partial charge in [0.25, 0.3) is 0 Å². The van der Waals surface area contributed by atoms with E-state index in [1.807, 2.05) is 57.2 Å². The van der Waals surface area contributed by atoms with Crippen molar-refractivity contribution in [3.05, 3.63) is 88.2 Å². The molecule has 0 aliphatic carbocycles. The molecule has 0 bridgehead atoms. The topological polar surface area (TPSA) is 88.0 Å². The number of rotatable bonds is 11. The van der Waals surface area contributed by atoms with Gasteiger partial charge in [-0.05, 0) is 85.7 Å². The number of aliphatic hydroxyl groups is 1. The number of carbonyl (C=O) groups is 1. The lowest BCUT2D eigenvalue weighted by Crippen LogP contribution is -2.46. The minimum absolute atomic E-state index is 0.121. The molecule has 2 atom stereocenters. The lowest BCUT2D eigenvalue weighted by molar-refractivity contribution is -0.00397. The molecule has 0 saturated carbocycles. The molecule has 38 heavy (non-hydrogen) atoms. The lowest BCUT2D eigenvalue weighted by atomic mass is 9.93. The van der Waals surface area contributed by atoms with E-state index in [1.165, 1.54) is 0 Å². The van der Waals surface area contributed by atoms with Gasteiger partial charge in [0, 0.05) is 18.5 Å². The summed E-state index contributed by atoms with van der Waals surface area (Å²) in [6.45, 7) is 8.62. The van der Waals surface area contributed by atoms with E-state index in [4.69, 9.17) is 9.47 Å². The molecule has 0 fully saturated rings. The number of β-amino-alcohol motifs (C(OH)–C–C–N with tert-alkyl or cyclic N) is 1. The molecule has 1 aliphatic heterocycles. The maximum atomic E-state index is 13.9. The minimum atomic E-state index is -1.02. The summed E-state index contributed by atoms with van der Waals surface area (Å²) >= 11 is 0. The number of nitrogens with one attached hydrogen (secondary N) is 1. The number of aromatic carboxylic acids is 1. The summed E-state index contributed by atoms with van der Waals surface area (Å²) in [7, 11) is 0. The zero-order valence-corrected chi connectivity index (χ0v) is 22.4. The standard InChI is InChI=1S/C31H36FNO5/c1-19-9-10-21(13-28(19)32)16-31(3,4)33-17-24(34)18-38-20(2)25-7-5-6-8-26(25)23-14-22-11-12-37-29(22)27(15-23)30(35)36/h5-10,13-15,20,24,33-34H,11-12,16-18H2,1-4H3,(H,35,36)/t20?,24-/m0/s1. The minimum Gasteiger partial charge on any atom is -0.492 e. The molecule has 0 spiro atoms. The lowest BCUT2D eigenvalue weighted by Gasteiger charge is -2.28. The van der Waals surface area contributed by atoms with Gasteiger partial charge in [-0.25, -0.2) is 9.18 Å². The van der Waals surface area contributed by atoms with Crippen LogP contribution in [-0.2, 0) is 17.6 Å². The summed E-state index contributed by atoms with van der Waals surface area (Å²) in [6, 6.07) is 16.6. The average molecular weight is 522 g/mol. The predicted molar refractivity (Wildman–Crippen MR) is 145 cm³/mol. The molecule has 3 aromatic carbocycles. The van der Waals surface area contributed by atoms with E-state index in [9.17, 15) is 19.4 Å². The Kier molecular flexibility index (Phi) is 8.51. The molecular formula is C31H36FNO5. The third-order valence-electron chi connectivity index (χ3n) is 6.96. The van der Waals surface area contributed by atoms with Crippen molar-refractivity contribution >= 4 is 5.97 Å². The van der Waals surface area contributed by atoms with Gasteiger partial charge in [0.1, 0.15) is 17.1 Å². The first-order valence-corrected chi connectivity index (χ1v) is 13.0. The van der Waals surface area contributed by atoms with Gasteiger partial charge in [-0.3, -0.25) is 0 Å². The second-order valence-electron chi connectivity index (χ2n) is 10.7. The van der Waals surface area contributed by atoms with Crippen molar-refractivity contribution in [2.45, 2.75) is 58.3 Å². The Balaban J connectivity index is 1.38. The number of fused-ring (bicyclic) bond motifs is 1. The third-order valence-corrected chi connectivity index (χ3v) is 6.96. The number of benzene rings is 3. The highest BCUT2D eigenvalue weighted by Crippen LogP contribution is 2.37. The molecule has 6 nitrogen and oxygen atoms in total. The van der Waals surface area contributed by atoms with Gasteiger partial charge in [-0.1, -0.05) is 36.4 Å². The molecule has 3 N–H and O–H groups in total. The molecule has 7 heteroatoms. The highest BCUT2D eigenvalue weighted by Gasteiger charge is 2.24. The fraction of sp³-hybridized carbons (Fsp3) is 0.387. The first-order valence-electron chi connectivity index (χ1n) is 13.0. The Morgan fingerprint density at radius 2 is 1.95 bits per heavy atom. The van der Waals surface area contributed by atoms with Crippen LogP contribution in [0.1, 0.15) is 59.5 Å². The number of ether oxygens (including phenoxy) is 2. The Hall–Kier alpha value is -3.26. The van der Waals surface area contributed by atoms with Gasteiger partial charge >= 0.3 is 5.97 Å². The van der Waals surface area contributed by atoms with Crippen LogP contribution in [0.2, 0.25) is 0 Å². The van der Waals surface area contributed by atoms with Crippen molar-refractivity contribution in [1.82, 2.24) is 5.32 Å². The highest BCUT2D eigenvalue weighted by atomic mass is 19.1. The summed E-state index contributed by atoms with van der Waals surface area (Å²) in [5, 5.41) is 23.7. The normalized spacial score (nSPS) is 14.6. The van der Waals surface area contributed by atoms with E-state index in [0.717, 1.165) is 27.8 Å². The summed E-state index contributed by atoms with van der Waals surface area (Å²) in [4.78, 5) is 11.8. The summed E-state index contributed by atoms with van der Waals surface area (Å²) in [5.74, 6) is -0.777. The molecular weight excluding hydrogens is 485 g/mol. The maximum Gasteiger partial charge on any atom is 0.339 e. The number of aliphatic hydroxyl groups excluding tert-OH is 1. The van der Waals surface area contributed by atoms with Gasteiger partial charge in [-0.15, -0.1) is 0 Å². The smallest absolute Gasteiger partial charge is 0.339 e. The first-order chi connectivity index (χ1) is 18.0. The van der Waals surface area contributed by atoms with Crippen LogP contribution in [0, 0.1) is 12.7 Å². The SMILES string of the molecule is Cc1ccc(CC(C)(C)NC[C@H](O)COC(C)c2ccccc2-c2cc3c(c(C(=O)O)c2)OCC3)cc1F. The van der Waals surface area contributed by atoms with Crippen LogP contribution in [-0.4, -0.2) is 47.6 Å². The molecule has 0 radical (unpaired) electrons.